The minimum absolute atomic E-state index is 0.203. The number of sulfone groups is 1. The molecule has 0 saturated carbocycles. The molecule has 1 atom stereocenters. The van der Waals surface area contributed by atoms with E-state index in [-0.39, 0.29) is 5.75 Å². The molecular weight excluding hydrogens is 256 g/mol. The maximum Gasteiger partial charge on any atom is 0.178 e. The Labute approximate surface area is 117 Å². The van der Waals surface area contributed by atoms with Crippen molar-refractivity contribution in [1.29, 1.82) is 0 Å². The Morgan fingerprint density at radius 3 is 2.26 bits per heavy atom. The highest BCUT2D eigenvalue weighted by Crippen LogP contribution is 2.26. The van der Waals surface area contributed by atoms with E-state index in [0.717, 1.165) is 18.4 Å². The van der Waals surface area contributed by atoms with E-state index < -0.39 is 9.84 Å². The van der Waals surface area contributed by atoms with E-state index in [2.05, 4.69) is 12.8 Å². The Kier molecular flexibility index (Phi) is 6.11. The van der Waals surface area contributed by atoms with E-state index in [1.807, 2.05) is 19.1 Å². The molecule has 1 unspecified atom stereocenters. The van der Waals surface area contributed by atoms with Gasteiger partial charge in [0.2, 0.25) is 0 Å². The predicted molar refractivity (Wildman–Crippen MR) is 79.9 cm³/mol. The molecule has 0 bridgehead atoms. The van der Waals surface area contributed by atoms with Gasteiger partial charge >= 0.3 is 0 Å². The highest BCUT2D eigenvalue weighted by molar-refractivity contribution is 7.91. The summed E-state index contributed by atoms with van der Waals surface area (Å²) >= 11 is 0. The summed E-state index contributed by atoms with van der Waals surface area (Å²) in [6.45, 7) is 4.00. The number of hydrogen-bond acceptors (Lipinski definition) is 2. The van der Waals surface area contributed by atoms with Gasteiger partial charge < -0.3 is 0 Å². The van der Waals surface area contributed by atoms with Gasteiger partial charge in [0.1, 0.15) is 0 Å². The fraction of sp³-hybridized carbons (Fsp3) is 0.500. The van der Waals surface area contributed by atoms with E-state index in [9.17, 15) is 8.42 Å². The van der Waals surface area contributed by atoms with Crippen LogP contribution in [0.4, 0.5) is 0 Å². The molecule has 0 aromatic heterocycles. The maximum atomic E-state index is 11.9. The summed E-state index contributed by atoms with van der Waals surface area (Å²) in [5.41, 5.74) is 1.13. The number of benzene rings is 1. The van der Waals surface area contributed by atoms with Gasteiger partial charge in [-0.05, 0) is 36.5 Å². The molecule has 0 aliphatic heterocycles. The lowest BCUT2D eigenvalue weighted by atomic mass is 9.92. The first-order valence-electron chi connectivity index (χ1n) is 6.81. The van der Waals surface area contributed by atoms with Gasteiger partial charge in [-0.15, -0.1) is 12.3 Å². The van der Waals surface area contributed by atoms with Gasteiger partial charge in [-0.2, -0.15) is 0 Å². The summed E-state index contributed by atoms with van der Waals surface area (Å²) < 4.78 is 23.9. The van der Waals surface area contributed by atoms with Crippen molar-refractivity contribution in [2.24, 2.45) is 0 Å². The van der Waals surface area contributed by atoms with Crippen molar-refractivity contribution >= 4 is 9.84 Å². The summed E-state index contributed by atoms with van der Waals surface area (Å²) in [4.78, 5) is 0.411. The van der Waals surface area contributed by atoms with Crippen LogP contribution in [0.2, 0.25) is 0 Å². The molecule has 0 aliphatic carbocycles. The van der Waals surface area contributed by atoms with Crippen molar-refractivity contribution in [3.8, 4) is 12.3 Å². The first-order chi connectivity index (χ1) is 9.05. The third-order valence-electron chi connectivity index (χ3n) is 3.18. The number of terminal acetylenes is 1. The van der Waals surface area contributed by atoms with Crippen LogP contribution < -0.4 is 0 Å². The Bertz CT molecular complexity index is 521. The maximum absolute atomic E-state index is 11.9. The topological polar surface area (TPSA) is 34.1 Å². The van der Waals surface area contributed by atoms with Crippen LogP contribution in [0.15, 0.2) is 29.2 Å². The molecule has 19 heavy (non-hydrogen) atoms. The molecule has 0 saturated heterocycles. The summed E-state index contributed by atoms with van der Waals surface area (Å²) in [7, 11) is -3.12. The van der Waals surface area contributed by atoms with Crippen LogP contribution in [-0.4, -0.2) is 14.2 Å². The highest BCUT2D eigenvalue weighted by Gasteiger charge is 2.14. The lowest BCUT2D eigenvalue weighted by Crippen LogP contribution is -2.06. The molecule has 3 heteroatoms. The lowest BCUT2D eigenvalue weighted by molar-refractivity contribution is 0.594. The van der Waals surface area contributed by atoms with E-state index >= 15 is 0 Å². The standard InChI is InChI=1S/C16H22O2S/c1-4-7-14(8-5-2)15-9-11-16(12-10-15)19(17,18)13-6-3/h1,9-12,14H,5-8,13H2,2-3H3. The molecule has 0 heterocycles. The van der Waals surface area contributed by atoms with Gasteiger partial charge in [-0.25, -0.2) is 8.42 Å². The zero-order valence-electron chi connectivity index (χ0n) is 11.7. The monoisotopic (exact) mass is 278 g/mol. The molecular formula is C16H22O2S. The zero-order chi connectivity index (χ0) is 14.3. The molecule has 1 aromatic carbocycles. The van der Waals surface area contributed by atoms with Crippen LogP contribution in [0.1, 0.15) is 51.0 Å². The molecule has 0 fully saturated rings. The van der Waals surface area contributed by atoms with Crippen molar-refractivity contribution in [3.05, 3.63) is 29.8 Å². The second-order valence-corrected chi connectivity index (χ2v) is 6.89. The highest BCUT2D eigenvalue weighted by atomic mass is 32.2. The first kappa shape index (κ1) is 15.8. The van der Waals surface area contributed by atoms with Crippen molar-refractivity contribution in [2.45, 2.75) is 50.3 Å². The largest absolute Gasteiger partial charge is 0.224 e. The summed E-state index contributed by atoms with van der Waals surface area (Å²) in [6, 6.07) is 7.22. The van der Waals surface area contributed by atoms with Crippen molar-refractivity contribution in [1.82, 2.24) is 0 Å². The van der Waals surface area contributed by atoms with Crippen LogP contribution in [0.25, 0.3) is 0 Å². The van der Waals surface area contributed by atoms with Crippen LogP contribution in [0.5, 0.6) is 0 Å². The zero-order valence-corrected chi connectivity index (χ0v) is 12.5. The Balaban J connectivity index is 2.95. The van der Waals surface area contributed by atoms with Gasteiger partial charge in [0.05, 0.1) is 10.6 Å². The molecule has 104 valence electrons. The fourth-order valence-electron chi connectivity index (χ4n) is 2.21. The number of hydrogen-bond donors (Lipinski definition) is 0. The fourth-order valence-corrected chi connectivity index (χ4v) is 3.54. The van der Waals surface area contributed by atoms with Gasteiger partial charge in [0, 0.05) is 6.42 Å². The van der Waals surface area contributed by atoms with Crippen molar-refractivity contribution < 1.29 is 8.42 Å². The minimum atomic E-state index is -3.12. The average Bonchev–Trinajstić information content (AvgIpc) is 2.39. The molecule has 0 radical (unpaired) electrons. The van der Waals surface area contributed by atoms with Crippen LogP contribution >= 0.6 is 0 Å². The van der Waals surface area contributed by atoms with Crippen LogP contribution in [0, 0.1) is 12.3 Å². The predicted octanol–water partition coefficient (Wildman–Crippen LogP) is 3.78. The van der Waals surface area contributed by atoms with Crippen molar-refractivity contribution in [3.63, 3.8) is 0 Å². The van der Waals surface area contributed by atoms with Crippen molar-refractivity contribution in [2.75, 3.05) is 5.75 Å². The number of rotatable bonds is 7. The van der Waals surface area contributed by atoms with Gasteiger partial charge in [-0.1, -0.05) is 32.4 Å². The Morgan fingerprint density at radius 1 is 1.16 bits per heavy atom. The summed E-state index contributed by atoms with van der Waals surface area (Å²) in [6.07, 6.45) is 8.84. The third-order valence-corrected chi connectivity index (χ3v) is 5.12. The third kappa shape index (κ3) is 4.40. The van der Waals surface area contributed by atoms with E-state index in [1.165, 1.54) is 0 Å². The van der Waals surface area contributed by atoms with Crippen LogP contribution in [0.3, 0.4) is 0 Å². The smallest absolute Gasteiger partial charge is 0.178 e. The normalized spacial score (nSPS) is 12.9. The molecule has 1 rings (SSSR count). The second kappa shape index (κ2) is 7.35. The van der Waals surface area contributed by atoms with Gasteiger partial charge in [0.15, 0.2) is 9.84 Å². The van der Waals surface area contributed by atoms with Crippen LogP contribution in [-0.2, 0) is 9.84 Å². The quantitative estimate of drug-likeness (QED) is 0.711. The molecule has 0 spiro atoms. The SMILES string of the molecule is C#CCC(CCC)c1ccc(S(=O)(=O)CCC)cc1. The van der Waals surface area contributed by atoms with E-state index in [1.54, 1.807) is 12.1 Å². The average molecular weight is 278 g/mol. The summed E-state index contributed by atoms with van der Waals surface area (Å²) in [5.74, 6) is 3.23. The minimum Gasteiger partial charge on any atom is -0.224 e. The lowest BCUT2D eigenvalue weighted by Gasteiger charge is -2.14. The first-order valence-corrected chi connectivity index (χ1v) is 8.46. The second-order valence-electron chi connectivity index (χ2n) is 4.78. The molecule has 0 amide bonds. The summed E-state index contributed by atoms with van der Waals surface area (Å²) in [5, 5.41) is 0. The Morgan fingerprint density at radius 2 is 1.79 bits per heavy atom. The van der Waals surface area contributed by atoms with E-state index in [4.69, 9.17) is 6.42 Å². The van der Waals surface area contributed by atoms with Gasteiger partial charge in [0.25, 0.3) is 0 Å². The molecule has 2 nitrogen and oxygen atoms in total. The Hall–Kier alpha value is -1.27. The molecule has 1 aromatic rings. The molecule has 0 aliphatic rings. The molecule has 0 N–H and O–H groups in total. The van der Waals surface area contributed by atoms with Gasteiger partial charge in [-0.3, -0.25) is 0 Å². The van der Waals surface area contributed by atoms with E-state index in [0.29, 0.717) is 23.7 Å².